The van der Waals surface area contributed by atoms with Crippen molar-refractivity contribution in [3.8, 4) is 5.75 Å². The summed E-state index contributed by atoms with van der Waals surface area (Å²) >= 11 is 0. The van der Waals surface area contributed by atoms with E-state index in [0.29, 0.717) is 17.9 Å². The van der Waals surface area contributed by atoms with Crippen molar-refractivity contribution >= 4 is 16.9 Å². The highest BCUT2D eigenvalue weighted by molar-refractivity contribution is 5.94. The van der Waals surface area contributed by atoms with Gasteiger partial charge in [-0.1, -0.05) is 36.4 Å². The number of hydrogen-bond donors (Lipinski definition) is 0. The van der Waals surface area contributed by atoms with Crippen molar-refractivity contribution in [1.29, 1.82) is 0 Å². The summed E-state index contributed by atoms with van der Waals surface area (Å²) in [7, 11) is 1.32. The molecule has 2 aromatic carbocycles. The Hall–Kier alpha value is -2.75. The van der Waals surface area contributed by atoms with Crippen LogP contribution < -0.4 is 4.74 Å². The summed E-state index contributed by atoms with van der Waals surface area (Å²) in [5.74, 6) is 0.346. The molecule has 0 fully saturated rings. The molecule has 1 aromatic heterocycles. The van der Waals surface area contributed by atoms with Crippen molar-refractivity contribution in [1.82, 2.24) is 0 Å². The van der Waals surface area contributed by atoms with Gasteiger partial charge in [0.25, 0.3) is 0 Å². The highest BCUT2D eigenvalue weighted by atomic mass is 16.5. The molecule has 0 unspecified atom stereocenters. The van der Waals surface area contributed by atoms with E-state index >= 15 is 0 Å². The predicted octanol–water partition coefficient (Wildman–Crippen LogP) is 3.80. The van der Waals surface area contributed by atoms with E-state index in [-0.39, 0.29) is 5.76 Å². The lowest BCUT2D eigenvalue weighted by Crippen LogP contribution is -1.98. The van der Waals surface area contributed by atoms with Crippen molar-refractivity contribution in [2.24, 2.45) is 0 Å². The van der Waals surface area contributed by atoms with E-state index in [1.165, 1.54) is 7.11 Å². The number of hydrogen-bond acceptors (Lipinski definition) is 4. The second kappa shape index (κ2) is 5.71. The van der Waals surface area contributed by atoms with Gasteiger partial charge in [-0.15, -0.1) is 0 Å². The summed E-state index contributed by atoms with van der Waals surface area (Å²) in [5.41, 5.74) is 1.67. The molecule has 0 aliphatic rings. The summed E-state index contributed by atoms with van der Waals surface area (Å²) in [6, 6.07) is 17.0. The number of benzene rings is 2. The summed E-state index contributed by atoms with van der Waals surface area (Å²) < 4.78 is 15.9. The molecule has 0 bridgehead atoms. The van der Waals surface area contributed by atoms with Crippen molar-refractivity contribution in [2.75, 3.05) is 7.11 Å². The molecule has 3 aromatic rings. The monoisotopic (exact) mass is 282 g/mol. The molecular weight excluding hydrogens is 268 g/mol. The molecule has 1 heterocycles. The summed E-state index contributed by atoms with van der Waals surface area (Å²) in [5, 5.41) is 0.758. The van der Waals surface area contributed by atoms with E-state index in [1.54, 1.807) is 12.1 Å². The minimum Gasteiger partial charge on any atom is -0.488 e. The van der Waals surface area contributed by atoms with E-state index in [9.17, 15) is 4.79 Å². The van der Waals surface area contributed by atoms with Crippen molar-refractivity contribution in [2.45, 2.75) is 6.61 Å². The fourth-order valence-corrected chi connectivity index (χ4v) is 2.10. The summed E-state index contributed by atoms with van der Waals surface area (Å²) in [6.07, 6.45) is 0. The van der Waals surface area contributed by atoms with Crippen LogP contribution in [0.25, 0.3) is 11.0 Å². The van der Waals surface area contributed by atoms with Gasteiger partial charge >= 0.3 is 5.97 Å². The largest absolute Gasteiger partial charge is 0.488 e. The molecule has 0 N–H and O–H groups in total. The Morgan fingerprint density at radius 1 is 1.10 bits per heavy atom. The highest BCUT2D eigenvalue weighted by Crippen LogP contribution is 2.29. The van der Waals surface area contributed by atoms with Gasteiger partial charge in [0.1, 0.15) is 17.9 Å². The van der Waals surface area contributed by atoms with Gasteiger partial charge in [0.15, 0.2) is 0 Å². The third kappa shape index (κ3) is 2.74. The Morgan fingerprint density at radius 3 is 2.67 bits per heavy atom. The molecule has 0 saturated heterocycles. The third-order valence-electron chi connectivity index (χ3n) is 3.15. The van der Waals surface area contributed by atoms with Crippen LogP contribution in [0.4, 0.5) is 0 Å². The first-order chi connectivity index (χ1) is 10.3. The molecule has 0 aliphatic heterocycles. The number of fused-ring (bicyclic) bond motifs is 1. The maximum absolute atomic E-state index is 11.5. The topological polar surface area (TPSA) is 48.7 Å². The number of methoxy groups -OCH3 is 1. The maximum Gasteiger partial charge on any atom is 0.373 e. The first kappa shape index (κ1) is 13.2. The average molecular weight is 282 g/mol. The van der Waals surface area contributed by atoms with E-state index < -0.39 is 5.97 Å². The van der Waals surface area contributed by atoms with E-state index in [4.69, 9.17) is 9.15 Å². The van der Waals surface area contributed by atoms with Gasteiger partial charge in [-0.05, 0) is 17.7 Å². The minimum atomic E-state index is -0.500. The first-order valence-corrected chi connectivity index (χ1v) is 6.55. The molecule has 0 saturated carbocycles. The van der Waals surface area contributed by atoms with Gasteiger partial charge in [0.2, 0.25) is 5.76 Å². The fraction of sp³-hybridized carbons (Fsp3) is 0.118. The molecular formula is C17H14O4. The van der Waals surface area contributed by atoms with Crippen molar-refractivity contribution in [3.05, 3.63) is 65.9 Å². The molecule has 0 aliphatic carbocycles. The first-order valence-electron chi connectivity index (χ1n) is 6.55. The minimum absolute atomic E-state index is 0.170. The number of ether oxygens (including phenoxy) is 2. The standard InChI is InChI=1S/C17H14O4/c1-19-17(18)16-10-13-14(8-5-9-15(13)21-16)20-11-12-6-3-2-4-7-12/h2-10H,11H2,1H3. The Labute approximate surface area is 121 Å². The molecule has 4 nitrogen and oxygen atoms in total. The molecule has 0 amide bonds. The van der Waals surface area contributed by atoms with Crippen LogP contribution in [-0.2, 0) is 11.3 Å². The lowest BCUT2D eigenvalue weighted by atomic mass is 10.2. The quantitative estimate of drug-likeness (QED) is 0.683. The number of esters is 1. The second-order valence-electron chi connectivity index (χ2n) is 4.54. The lowest BCUT2D eigenvalue weighted by molar-refractivity contribution is 0.0567. The Bertz CT molecular complexity index is 759. The van der Waals surface area contributed by atoms with E-state index in [0.717, 1.165) is 10.9 Å². The van der Waals surface area contributed by atoms with Crippen LogP contribution in [0.2, 0.25) is 0 Å². The molecule has 0 spiro atoms. The van der Waals surface area contributed by atoms with Crippen LogP contribution in [-0.4, -0.2) is 13.1 Å². The third-order valence-corrected chi connectivity index (χ3v) is 3.15. The molecule has 106 valence electrons. The van der Waals surface area contributed by atoms with Gasteiger partial charge in [0.05, 0.1) is 12.5 Å². The zero-order chi connectivity index (χ0) is 14.7. The summed E-state index contributed by atoms with van der Waals surface area (Å²) in [6.45, 7) is 0.457. The number of carbonyl (C=O) groups is 1. The van der Waals surface area contributed by atoms with Gasteiger partial charge < -0.3 is 13.9 Å². The zero-order valence-corrected chi connectivity index (χ0v) is 11.5. The van der Waals surface area contributed by atoms with Crippen LogP contribution in [0.15, 0.2) is 59.0 Å². The van der Waals surface area contributed by atoms with Crippen LogP contribution in [0.1, 0.15) is 16.1 Å². The SMILES string of the molecule is COC(=O)c1cc2c(OCc3ccccc3)cccc2o1. The van der Waals surface area contributed by atoms with Crippen LogP contribution in [0.3, 0.4) is 0 Å². The molecule has 4 heteroatoms. The number of rotatable bonds is 4. The van der Waals surface area contributed by atoms with Gasteiger partial charge in [-0.3, -0.25) is 0 Å². The Balaban J connectivity index is 1.88. The second-order valence-corrected chi connectivity index (χ2v) is 4.54. The van der Waals surface area contributed by atoms with Gasteiger partial charge in [-0.2, -0.15) is 0 Å². The van der Waals surface area contributed by atoms with Crippen LogP contribution in [0, 0.1) is 0 Å². The molecule has 0 radical (unpaired) electrons. The Morgan fingerprint density at radius 2 is 1.90 bits per heavy atom. The normalized spacial score (nSPS) is 10.5. The zero-order valence-electron chi connectivity index (χ0n) is 11.5. The van der Waals surface area contributed by atoms with Crippen molar-refractivity contribution in [3.63, 3.8) is 0 Å². The Kier molecular flexibility index (Phi) is 3.60. The summed E-state index contributed by atoms with van der Waals surface area (Å²) in [4.78, 5) is 11.5. The molecule has 3 rings (SSSR count). The van der Waals surface area contributed by atoms with Crippen LogP contribution >= 0.6 is 0 Å². The average Bonchev–Trinajstić information content (AvgIpc) is 2.97. The fourth-order valence-electron chi connectivity index (χ4n) is 2.10. The highest BCUT2D eigenvalue weighted by Gasteiger charge is 2.15. The lowest BCUT2D eigenvalue weighted by Gasteiger charge is -2.06. The predicted molar refractivity (Wildman–Crippen MR) is 78.3 cm³/mol. The van der Waals surface area contributed by atoms with Gasteiger partial charge in [0, 0.05) is 6.07 Å². The maximum atomic E-state index is 11.5. The number of carbonyl (C=O) groups excluding carboxylic acids is 1. The molecule has 21 heavy (non-hydrogen) atoms. The van der Waals surface area contributed by atoms with Gasteiger partial charge in [-0.25, -0.2) is 4.79 Å². The smallest absolute Gasteiger partial charge is 0.373 e. The van der Waals surface area contributed by atoms with E-state index in [1.807, 2.05) is 42.5 Å². The number of furan rings is 1. The van der Waals surface area contributed by atoms with Crippen molar-refractivity contribution < 1.29 is 18.7 Å². The molecule has 0 atom stereocenters. The van der Waals surface area contributed by atoms with E-state index in [2.05, 4.69) is 4.74 Å². The van der Waals surface area contributed by atoms with Crippen LogP contribution in [0.5, 0.6) is 5.75 Å².